The van der Waals surface area contributed by atoms with Crippen LogP contribution in [0.3, 0.4) is 0 Å². The van der Waals surface area contributed by atoms with Crippen LogP contribution in [-0.2, 0) is 0 Å². The lowest BCUT2D eigenvalue weighted by atomic mass is 9.76. The zero-order valence-corrected chi connectivity index (χ0v) is 14.1. The van der Waals surface area contributed by atoms with Gasteiger partial charge in [0, 0.05) is 16.2 Å². The van der Waals surface area contributed by atoms with E-state index in [0.29, 0.717) is 12.0 Å². The maximum absolute atomic E-state index is 13.4. The SMILES string of the molecule is Fc1c(Cl)cc(NC2CC(c3ccc(Br)cc3)C2)cc1Cl. The zero-order chi connectivity index (χ0) is 15.0. The molecule has 0 spiro atoms. The minimum atomic E-state index is -0.565. The molecule has 0 saturated heterocycles. The Hall–Kier alpha value is -0.770. The molecule has 110 valence electrons. The fraction of sp³-hybridized carbons (Fsp3) is 0.250. The van der Waals surface area contributed by atoms with Gasteiger partial charge in [-0.1, -0.05) is 51.3 Å². The molecular weight excluding hydrogens is 376 g/mol. The highest BCUT2D eigenvalue weighted by Crippen LogP contribution is 2.39. The number of hydrogen-bond donors (Lipinski definition) is 1. The Morgan fingerprint density at radius 3 is 2.19 bits per heavy atom. The standard InChI is InChI=1S/C16H13BrCl2FN/c17-11-3-1-9(2-4-11)10-5-12(6-10)21-13-7-14(18)16(20)15(19)8-13/h1-4,7-8,10,12,21H,5-6H2. The third kappa shape index (κ3) is 3.36. The van der Waals surface area contributed by atoms with Crippen molar-refractivity contribution >= 4 is 44.8 Å². The van der Waals surface area contributed by atoms with Crippen molar-refractivity contribution in [2.45, 2.75) is 24.8 Å². The summed E-state index contributed by atoms with van der Waals surface area (Å²) in [7, 11) is 0. The maximum Gasteiger partial charge on any atom is 0.160 e. The Balaban J connectivity index is 1.61. The third-order valence-electron chi connectivity index (χ3n) is 3.83. The predicted molar refractivity (Wildman–Crippen MR) is 89.9 cm³/mol. The van der Waals surface area contributed by atoms with Crippen LogP contribution < -0.4 is 5.32 Å². The van der Waals surface area contributed by atoms with Gasteiger partial charge in [0.05, 0.1) is 10.0 Å². The molecule has 0 amide bonds. The molecule has 5 heteroatoms. The van der Waals surface area contributed by atoms with Gasteiger partial charge in [0.2, 0.25) is 0 Å². The Kier molecular flexibility index (Phi) is 4.43. The van der Waals surface area contributed by atoms with E-state index in [2.05, 4.69) is 45.5 Å². The highest BCUT2D eigenvalue weighted by molar-refractivity contribution is 9.10. The first-order chi connectivity index (χ1) is 10.0. The lowest BCUT2D eigenvalue weighted by molar-refractivity contribution is 0.374. The van der Waals surface area contributed by atoms with Crippen LogP contribution in [0.5, 0.6) is 0 Å². The molecule has 0 atom stereocenters. The number of hydrogen-bond acceptors (Lipinski definition) is 1. The van der Waals surface area contributed by atoms with Gasteiger partial charge < -0.3 is 5.32 Å². The van der Waals surface area contributed by atoms with E-state index in [9.17, 15) is 4.39 Å². The molecule has 0 aromatic heterocycles. The minimum absolute atomic E-state index is 0.0498. The number of benzene rings is 2. The summed E-state index contributed by atoms with van der Waals surface area (Å²) in [6, 6.07) is 12.0. The largest absolute Gasteiger partial charge is 0.382 e. The molecule has 0 unspecified atom stereocenters. The Labute approximate surface area is 141 Å². The van der Waals surface area contributed by atoms with E-state index in [1.54, 1.807) is 12.1 Å². The van der Waals surface area contributed by atoms with E-state index in [0.717, 1.165) is 23.0 Å². The number of nitrogens with one attached hydrogen (secondary N) is 1. The molecule has 3 rings (SSSR count). The van der Waals surface area contributed by atoms with E-state index < -0.39 is 5.82 Å². The second-order valence-electron chi connectivity index (χ2n) is 5.32. The molecule has 0 bridgehead atoms. The summed E-state index contributed by atoms with van der Waals surface area (Å²) in [4.78, 5) is 0. The third-order valence-corrected chi connectivity index (χ3v) is 4.91. The van der Waals surface area contributed by atoms with Crippen LogP contribution in [-0.4, -0.2) is 6.04 Å². The quantitative estimate of drug-likeness (QED) is 0.612. The zero-order valence-electron chi connectivity index (χ0n) is 11.0. The first kappa shape index (κ1) is 15.1. The van der Waals surface area contributed by atoms with E-state index in [4.69, 9.17) is 23.2 Å². The molecule has 1 fully saturated rings. The summed E-state index contributed by atoms with van der Waals surface area (Å²) in [6.07, 6.45) is 2.10. The summed E-state index contributed by atoms with van der Waals surface area (Å²) in [5.41, 5.74) is 2.12. The van der Waals surface area contributed by atoms with Gasteiger partial charge in [-0.2, -0.15) is 0 Å². The molecule has 1 aliphatic rings. The van der Waals surface area contributed by atoms with Crippen molar-refractivity contribution in [2.75, 3.05) is 5.32 Å². The van der Waals surface area contributed by atoms with Gasteiger partial charge in [-0.15, -0.1) is 0 Å². The molecule has 21 heavy (non-hydrogen) atoms. The lowest BCUT2D eigenvalue weighted by Crippen LogP contribution is -2.34. The Morgan fingerprint density at radius 2 is 1.62 bits per heavy atom. The van der Waals surface area contributed by atoms with Gasteiger partial charge in [0.15, 0.2) is 5.82 Å². The highest BCUT2D eigenvalue weighted by Gasteiger charge is 2.30. The van der Waals surface area contributed by atoms with Crippen LogP contribution in [0, 0.1) is 5.82 Å². The number of anilines is 1. The van der Waals surface area contributed by atoms with Crippen molar-refractivity contribution in [3.63, 3.8) is 0 Å². The van der Waals surface area contributed by atoms with Crippen LogP contribution in [0.4, 0.5) is 10.1 Å². The van der Waals surface area contributed by atoms with Crippen LogP contribution in [0.15, 0.2) is 40.9 Å². The fourth-order valence-corrected chi connectivity index (χ4v) is 3.37. The van der Waals surface area contributed by atoms with Crippen molar-refractivity contribution in [2.24, 2.45) is 0 Å². The van der Waals surface area contributed by atoms with E-state index in [-0.39, 0.29) is 10.0 Å². The van der Waals surface area contributed by atoms with Crippen molar-refractivity contribution in [3.05, 3.63) is 62.3 Å². The fourth-order valence-electron chi connectivity index (χ4n) is 2.62. The first-order valence-corrected chi connectivity index (χ1v) is 8.24. The molecule has 1 nitrogen and oxygen atoms in total. The van der Waals surface area contributed by atoms with Gasteiger partial charge in [0.1, 0.15) is 0 Å². The van der Waals surface area contributed by atoms with Gasteiger partial charge >= 0.3 is 0 Å². The molecule has 0 heterocycles. The topological polar surface area (TPSA) is 12.0 Å². The summed E-state index contributed by atoms with van der Waals surface area (Å²) in [5, 5.41) is 3.45. The average Bonchev–Trinajstić information content (AvgIpc) is 2.41. The lowest BCUT2D eigenvalue weighted by Gasteiger charge is -2.37. The maximum atomic E-state index is 13.4. The summed E-state index contributed by atoms with van der Waals surface area (Å²) >= 11 is 15.0. The van der Waals surface area contributed by atoms with E-state index >= 15 is 0 Å². The molecule has 0 aliphatic heterocycles. The average molecular weight is 389 g/mol. The van der Waals surface area contributed by atoms with Gasteiger partial charge in [-0.3, -0.25) is 0 Å². The molecule has 1 aliphatic carbocycles. The van der Waals surface area contributed by atoms with Gasteiger partial charge in [0.25, 0.3) is 0 Å². The van der Waals surface area contributed by atoms with E-state index in [1.165, 1.54) is 5.56 Å². The van der Waals surface area contributed by atoms with Crippen molar-refractivity contribution in [1.29, 1.82) is 0 Å². The monoisotopic (exact) mass is 387 g/mol. The van der Waals surface area contributed by atoms with Gasteiger partial charge in [-0.25, -0.2) is 4.39 Å². The second kappa shape index (κ2) is 6.15. The van der Waals surface area contributed by atoms with Crippen LogP contribution in [0.2, 0.25) is 10.0 Å². The smallest absolute Gasteiger partial charge is 0.160 e. The van der Waals surface area contributed by atoms with Crippen molar-refractivity contribution in [3.8, 4) is 0 Å². The summed E-state index contributed by atoms with van der Waals surface area (Å²) < 4.78 is 14.5. The first-order valence-electron chi connectivity index (χ1n) is 6.69. The molecule has 1 N–H and O–H groups in total. The number of halogens is 4. The minimum Gasteiger partial charge on any atom is -0.382 e. The van der Waals surface area contributed by atoms with Crippen LogP contribution in [0.1, 0.15) is 24.3 Å². The summed E-state index contributed by atoms with van der Waals surface area (Å²) in [6.45, 7) is 0. The Bertz CT molecular complexity index is 631. The van der Waals surface area contributed by atoms with Crippen LogP contribution in [0.25, 0.3) is 0 Å². The molecule has 1 saturated carbocycles. The molecule has 2 aromatic rings. The van der Waals surface area contributed by atoms with Crippen LogP contribution >= 0.6 is 39.1 Å². The normalized spacial score (nSPS) is 21.0. The molecule has 2 aromatic carbocycles. The van der Waals surface area contributed by atoms with Crippen molar-refractivity contribution in [1.82, 2.24) is 0 Å². The summed E-state index contributed by atoms with van der Waals surface area (Å²) in [5.74, 6) is 0.00669. The van der Waals surface area contributed by atoms with E-state index in [1.807, 2.05) is 0 Å². The highest BCUT2D eigenvalue weighted by atomic mass is 79.9. The second-order valence-corrected chi connectivity index (χ2v) is 7.05. The Morgan fingerprint density at radius 1 is 1.05 bits per heavy atom. The van der Waals surface area contributed by atoms with Crippen molar-refractivity contribution < 1.29 is 4.39 Å². The number of rotatable bonds is 3. The molecular formula is C16H13BrCl2FN. The molecule has 0 radical (unpaired) electrons. The van der Waals surface area contributed by atoms with Gasteiger partial charge in [-0.05, 0) is 48.6 Å². The predicted octanol–water partition coefficient (Wildman–Crippen LogP) is 6.25.